The summed E-state index contributed by atoms with van der Waals surface area (Å²) < 4.78 is 19.1. The first-order valence-corrected chi connectivity index (χ1v) is 6.40. The Hall–Kier alpha value is -1.62. The fourth-order valence-electron chi connectivity index (χ4n) is 1.62. The average Bonchev–Trinajstić information content (AvgIpc) is 2.36. The average molecular weight is 268 g/mol. The van der Waals surface area contributed by atoms with Crippen LogP contribution in [-0.4, -0.2) is 19.1 Å². The molecule has 4 nitrogen and oxygen atoms in total. The second kappa shape index (κ2) is 7.09. The second-order valence-corrected chi connectivity index (χ2v) is 4.58. The number of halogens is 1. The van der Waals surface area contributed by atoms with Crippen LogP contribution < -0.4 is 15.8 Å². The SMILES string of the molecule is CCNC(C)c1ccc(OCC(C)C(N)=O)c(F)c1. The highest BCUT2D eigenvalue weighted by atomic mass is 19.1. The van der Waals surface area contributed by atoms with Crippen LogP contribution in [0.15, 0.2) is 18.2 Å². The predicted octanol–water partition coefficient (Wildman–Crippen LogP) is 2.00. The monoisotopic (exact) mass is 268 g/mol. The van der Waals surface area contributed by atoms with E-state index in [0.29, 0.717) is 0 Å². The van der Waals surface area contributed by atoms with E-state index in [-0.39, 0.29) is 18.4 Å². The molecule has 1 aromatic rings. The van der Waals surface area contributed by atoms with Crippen molar-refractivity contribution < 1.29 is 13.9 Å². The lowest BCUT2D eigenvalue weighted by Crippen LogP contribution is -2.26. The van der Waals surface area contributed by atoms with Crippen molar-refractivity contribution in [2.45, 2.75) is 26.8 Å². The minimum absolute atomic E-state index is 0.0777. The third-order valence-electron chi connectivity index (χ3n) is 2.94. The summed E-state index contributed by atoms with van der Waals surface area (Å²) in [5.41, 5.74) is 5.97. The van der Waals surface area contributed by atoms with E-state index in [1.807, 2.05) is 13.8 Å². The van der Waals surface area contributed by atoms with E-state index < -0.39 is 17.6 Å². The fourth-order valence-corrected chi connectivity index (χ4v) is 1.62. The molecule has 0 saturated heterocycles. The zero-order valence-corrected chi connectivity index (χ0v) is 11.6. The molecule has 0 heterocycles. The van der Waals surface area contributed by atoms with E-state index in [0.717, 1.165) is 12.1 Å². The number of carbonyl (C=O) groups is 1. The summed E-state index contributed by atoms with van der Waals surface area (Å²) in [6.45, 7) is 6.50. The Morgan fingerprint density at radius 2 is 2.16 bits per heavy atom. The minimum atomic E-state index is -0.460. The van der Waals surface area contributed by atoms with Gasteiger partial charge in [0.15, 0.2) is 11.6 Å². The number of amides is 1. The standard InChI is InChI=1S/C14H21FN2O2/c1-4-17-10(3)11-5-6-13(12(15)7-11)19-8-9(2)14(16)18/h5-7,9-10,17H,4,8H2,1-3H3,(H2,16,18). The first-order valence-electron chi connectivity index (χ1n) is 6.40. The van der Waals surface area contributed by atoms with Crippen LogP contribution in [0.4, 0.5) is 4.39 Å². The number of nitrogens with one attached hydrogen (secondary N) is 1. The summed E-state index contributed by atoms with van der Waals surface area (Å²) in [6, 6.07) is 4.91. The highest BCUT2D eigenvalue weighted by molar-refractivity contribution is 5.76. The molecular weight excluding hydrogens is 247 g/mol. The Balaban J connectivity index is 2.69. The van der Waals surface area contributed by atoms with E-state index in [1.165, 1.54) is 6.07 Å². The van der Waals surface area contributed by atoms with Crippen LogP contribution in [-0.2, 0) is 4.79 Å². The largest absolute Gasteiger partial charge is 0.490 e. The first kappa shape index (κ1) is 15.4. The molecule has 2 unspecified atom stereocenters. The van der Waals surface area contributed by atoms with Gasteiger partial charge in [0, 0.05) is 6.04 Å². The van der Waals surface area contributed by atoms with E-state index >= 15 is 0 Å². The molecule has 0 saturated carbocycles. The molecule has 5 heteroatoms. The molecular formula is C14H21FN2O2. The molecule has 0 aliphatic carbocycles. The van der Waals surface area contributed by atoms with Crippen molar-refractivity contribution in [3.63, 3.8) is 0 Å². The Morgan fingerprint density at radius 3 is 2.68 bits per heavy atom. The minimum Gasteiger partial charge on any atom is -0.490 e. The summed E-state index contributed by atoms with van der Waals surface area (Å²) >= 11 is 0. The summed E-state index contributed by atoms with van der Waals surface area (Å²) in [5.74, 6) is -1.20. The lowest BCUT2D eigenvalue weighted by atomic mass is 10.1. The number of carbonyl (C=O) groups excluding carboxylic acids is 1. The summed E-state index contributed by atoms with van der Waals surface area (Å²) in [6.07, 6.45) is 0. The zero-order valence-electron chi connectivity index (χ0n) is 11.6. The van der Waals surface area contributed by atoms with Gasteiger partial charge in [0.05, 0.1) is 12.5 Å². The molecule has 1 aromatic carbocycles. The zero-order chi connectivity index (χ0) is 14.4. The lowest BCUT2D eigenvalue weighted by Gasteiger charge is -2.15. The van der Waals surface area contributed by atoms with Gasteiger partial charge in [-0.3, -0.25) is 4.79 Å². The number of ether oxygens (including phenoxy) is 1. The first-order chi connectivity index (χ1) is 8.95. The van der Waals surface area contributed by atoms with Gasteiger partial charge >= 0.3 is 0 Å². The van der Waals surface area contributed by atoms with Crippen molar-refractivity contribution in [1.29, 1.82) is 0 Å². The number of benzene rings is 1. The van der Waals surface area contributed by atoms with Crippen LogP contribution in [0.1, 0.15) is 32.4 Å². The number of rotatable bonds is 7. The lowest BCUT2D eigenvalue weighted by molar-refractivity contribution is -0.122. The second-order valence-electron chi connectivity index (χ2n) is 4.58. The van der Waals surface area contributed by atoms with Crippen molar-refractivity contribution >= 4 is 5.91 Å². The van der Waals surface area contributed by atoms with E-state index in [4.69, 9.17) is 10.5 Å². The predicted molar refractivity (Wildman–Crippen MR) is 72.3 cm³/mol. The van der Waals surface area contributed by atoms with Crippen molar-refractivity contribution in [2.24, 2.45) is 11.7 Å². The van der Waals surface area contributed by atoms with E-state index in [2.05, 4.69) is 5.32 Å². The Kier molecular flexibility index (Phi) is 5.76. The van der Waals surface area contributed by atoms with Gasteiger partial charge in [-0.05, 0) is 31.2 Å². The van der Waals surface area contributed by atoms with Crippen LogP contribution in [0.25, 0.3) is 0 Å². The molecule has 3 N–H and O–H groups in total. The molecule has 2 atom stereocenters. The van der Waals surface area contributed by atoms with Crippen molar-refractivity contribution in [2.75, 3.05) is 13.2 Å². The maximum atomic E-state index is 13.8. The third-order valence-corrected chi connectivity index (χ3v) is 2.94. The normalized spacial score (nSPS) is 13.9. The van der Waals surface area contributed by atoms with Crippen LogP contribution in [0, 0.1) is 11.7 Å². The van der Waals surface area contributed by atoms with Crippen LogP contribution in [0.5, 0.6) is 5.75 Å². The van der Waals surface area contributed by atoms with Gasteiger partial charge in [-0.2, -0.15) is 0 Å². The smallest absolute Gasteiger partial charge is 0.223 e. The molecule has 1 amide bonds. The summed E-state index contributed by atoms with van der Waals surface area (Å²) in [5, 5.41) is 3.20. The van der Waals surface area contributed by atoms with E-state index in [1.54, 1.807) is 19.1 Å². The molecule has 19 heavy (non-hydrogen) atoms. The molecule has 0 radical (unpaired) electrons. The molecule has 1 rings (SSSR count). The van der Waals surface area contributed by atoms with Crippen LogP contribution >= 0.6 is 0 Å². The van der Waals surface area contributed by atoms with Crippen LogP contribution in [0.3, 0.4) is 0 Å². The van der Waals surface area contributed by atoms with Gasteiger partial charge in [-0.1, -0.05) is 19.9 Å². The highest BCUT2D eigenvalue weighted by Gasteiger charge is 2.13. The van der Waals surface area contributed by atoms with Gasteiger partial charge in [0.25, 0.3) is 0 Å². The van der Waals surface area contributed by atoms with Gasteiger partial charge in [-0.15, -0.1) is 0 Å². The van der Waals surface area contributed by atoms with Gasteiger partial charge in [-0.25, -0.2) is 4.39 Å². The Morgan fingerprint density at radius 1 is 1.47 bits per heavy atom. The van der Waals surface area contributed by atoms with Gasteiger partial charge in [0.2, 0.25) is 5.91 Å². The summed E-state index contributed by atoms with van der Waals surface area (Å²) in [7, 11) is 0. The number of hydrogen-bond donors (Lipinski definition) is 2. The Bertz CT molecular complexity index is 437. The topological polar surface area (TPSA) is 64.3 Å². The van der Waals surface area contributed by atoms with E-state index in [9.17, 15) is 9.18 Å². The third kappa shape index (κ3) is 4.52. The van der Waals surface area contributed by atoms with Gasteiger partial charge in [0.1, 0.15) is 0 Å². The highest BCUT2D eigenvalue weighted by Crippen LogP contribution is 2.22. The van der Waals surface area contributed by atoms with Gasteiger partial charge < -0.3 is 15.8 Å². The fraction of sp³-hybridized carbons (Fsp3) is 0.500. The van der Waals surface area contributed by atoms with Crippen molar-refractivity contribution in [1.82, 2.24) is 5.32 Å². The van der Waals surface area contributed by atoms with Crippen molar-refractivity contribution in [3.05, 3.63) is 29.6 Å². The van der Waals surface area contributed by atoms with Crippen LogP contribution in [0.2, 0.25) is 0 Å². The quantitative estimate of drug-likeness (QED) is 0.795. The maximum absolute atomic E-state index is 13.8. The number of nitrogens with two attached hydrogens (primary N) is 1. The molecule has 0 aliphatic heterocycles. The number of primary amides is 1. The molecule has 0 fully saturated rings. The van der Waals surface area contributed by atoms with Crippen molar-refractivity contribution in [3.8, 4) is 5.75 Å². The number of hydrogen-bond acceptors (Lipinski definition) is 3. The maximum Gasteiger partial charge on any atom is 0.223 e. The Labute approximate surface area is 113 Å². The molecule has 0 aromatic heterocycles. The molecule has 0 bridgehead atoms. The summed E-state index contributed by atoms with van der Waals surface area (Å²) in [4.78, 5) is 10.9. The molecule has 106 valence electrons. The molecule has 0 aliphatic rings. The molecule has 0 spiro atoms.